The molecular weight excluding hydrogens is 300 g/mol. The third kappa shape index (κ3) is 3.96. The standard InChI is InChI=1S/C12H18N2O2S3/c1-4-12(5-2,17-3)9-14-19(15,16)11-7-6-10(8-13)18-11/h6-7,14H,4-5,9H2,1-3H3. The molecule has 0 saturated heterocycles. The van der Waals surface area contributed by atoms with Crippen LogP contribution >= 0.6 is 23.1 Å². The molecule has 1 aromatic rings. The Kier molecular flexibility index (Phi) is 5.86. The van der Waals surface area contributed by atoms with Crippen LogP contribution in [0.25, 0.3) is 0 Å². The van der Waals surface area contributed by atoms with Gasteiger partial charge in [0.25, 0.3) is 0 Å². The number of nitrogens with one attached hydrogen (secondary N) is 1. The van der Waals surface area contributed by atoms with Crippen molar-refractivity contribution in [3.8, 4) is 6.07 Å². The SMILES string of the molecule is CCC(CC)(CNS(=O)(=O)c1ccc(C#N)s1)SC. The lowest BCUT2D eigenvalue weighted by molar-refractivity contribution is 0.523. The van der Waals surface area contributed by atoms with Gasteiger partial charge in [0.05, 0.1) is 0 Å². The van der Waals surface area contributed by atoms with Gasteiger partial charge in [-0.25, -0.2) is 13.1 Å². The molecule has 7 heteroatoms. The highest BCUT2D eigenvalue weighted by Gasteiger charge is 2.28. The smallest absolute Gasteiger partial charge is 0.209 e. The Balaban J connectivity index is 2.84. The van der Waals surface area contributed by atoms with Crippen molar-refractivity contribution < 1.29 is 8.42 Å². The van der Waals surface area contributed by atoms with E-state index in [1.165, 1.54) is 12.1 Å². The van der Waals surface area contributed by atoms with Gasteiger partial charge in [-0.3, -0.25) is 0 Å². The molecule has 1 heterocycles. The Labute approximate surface area is 123 Å². The number of thiophene rings is 1. The molecule has 0 fully saturated rings. The molecule has 0 atom stereocenters. The van der Waals surface area contributed by atoms with Crippen molar-refractivity contribution in [1.29, 1.82) is 5.26 Å². The molecule has 1 N–H and O–H groups in total. The average Bonchev–Trinajstić information content (AvgIpc) is 2.90. The summed E-state index contributed by atoms with van der Waals surface area (Å²) in [7, 11) is -3.51. The van der Waals surface area contributed by atoms with E-state index in [4.69, 9.17) is 5.26 Å². The molecule has 0 spiro atoms. The van der Waals surface area contributed by atoms with Crippen LogP contribution in [0.2, 0.25) is 0 Å². The number of hydrogen-bond donors (Lipinski definition) is 1. The molecule has 1 aromatic heterocycles. The number of nitrogens with zero attached hydrogens (tertiary/aromatic N) is 1. The number of rotatable bonds is 7. The minimum Gasteiger partial charge on any atom is -0.209 e. The molecule has 0 radical (unpaired) electrons. The van der Waals surface area contributed by atoms with E-state index in [-0.39, 0.29) is 8.96 Å². The van der Waals surface area contributed by atoms with Crippen molar-refractivity contribution in [3.63, 3.8) is 0 Å². The summed E-state index contributed by atoms with van der Waals surface area (Å²) < 4.78 is 27.1. The van der Waals surface area contributed by atoms with Gasteiger partial charge in [-0.15, -0.1) is 11.3 Å². The Bertz CT molecular complexity index is 546. The Morgan fingerprint density at radius 3 is 2.47 bits per heavy atom. The van der Waals surface area contributed by atoms with Gasteiger partial charge in [0.15, 0.2) is 0 Å². The summed E-state index contributed by atoms with van der Waals surface area (Å²) >= 11 is 2.68. The monoisotopic (exact) mass is 318 g/mol. The Morgan fingerprint density at radius 1 is 1.42 bits per heavy atom. The Morgan fingerprint density at radius 2 is 2.05 bits per heavy atom. The number of nitriles is 1. The lowest BCUT2D eigenvalue weighted by atomic mass is 10.0. The summed E-state index contributed by atoms with van der Waals surface area (Å²) in [5.74, 6) is 0. The number of hydrogen-bond acceptors (Lipinski definition) is 5. The van der Waals surface area contributed by atoms with Crippen LogP contribution in [0.15, 0.2) is 16.3 Å². The maximum Gasteiger partial charge on any atom is 0.250 e. The second-order valence-corrected chi connectivity index (χ2v) is 8.50. The first kappa shape index (κ1) is 16.5. The van der Waals surface area contributed by atoms with E-state index < -0.39 is 10.0 Å². The third-order valence-electron chi connectivity index (χ3n) is 3.26. The highest BCUT2D eigenvalue weighted by Crippen LogP contribution is 2.30. The van der Waals surface area contributed by atoms with Crippen LogP contribution in [-0.4, -0.2) is 26.0 Å². The van der Waals surface area contributed by atoms with Crippen LogP contribution in [0, 0.1) is 11.3 Å². The van der Waals surface area contributed by atoms with Crippen LogP contribution in [0.1, 0.15) is 31.6 Å². The summed E-state index contributed by atoms with van der Waals surface area (Å²) in [4.78, 5) is 0.405. The predicted octanol–water partition coefficient (Wildman–Crippen LogP) is 2.82. The van der Waals surface area contributed by atoms with Crippen LogP contribution < -0.4 is 4.72 Å². The van der Waals surface area contributed by atoms with E-state index in [9.17, 15) is 8.42 Å². The van der Waals surface area contributed by atoms with E-state index in [1.54, 1.807) is 11.8 Å². The second-order valence-electron chi connectivity index (χ2n) is 4.15. The van der Waals surface area contributed by atoms with Crippen molar-refractivity contribution in [3.05, 3.63) is 17.0 Å². The molecule has 1 rings (SSSR count). The fourth-order valence-electron chi connectivity index (χ4n) is 1.68. The summed E-state index contributed by atoms with van der Waals surface area (Å²) in [6.45, 7) is 4.53. The van der Waals surface area contributed by atoms with Crippen molar-refractivity contribution in [2.75, 3.05) is 12.8 Å². The lowest BCUT2D eigenvalue weighted by Crippen LogP contribution is -2.39. The predicted molar refractivity (Wildman–Crippen MR) is 81.1 cm³/mol. The van der Waals surface area contributed by atoms with Crippen LogP contribution in [0.4, 0.5) is 0 Å². The van der Waals surface area contributed by atoms with Gasteiger partial charge in [-0.1, -0.05) is 13.8 Å². The zero-order valence-electron chi connectivity index (χ0n) is 11.3. The first-order valence-electron chi connectivity index (χ1n) is 5.97. The maximum absolute atomic E-state index is 12.1. The molecule has 0 aliphatic heterocycles. The molecule has 0 saturated carbocycles. The highest BCUT2D eigenvalue weighted by molar-refractivity contribution is 8.00. The van der Waals surface area contributed by atoms with Gasteiger partial charge < -0.3 is 0 Å². The zero-order chi connectivity index (χ0) is 14.5. The van der Waals surface area contributed by atoms with Crippen molar-refractivity contribution in [2.24, 2.45) is 0 Å². The molecule has 106 valence electrons. The number of thioether (sulfide) groups is 1. The fourth-order valence-corrected chi connectivity index (χ4v) is 4.84. The fraction of sp³-hybridized carbons (Fsp3) is 0.583. The van der Waals surface area contributed by atoms with Gasteiger partial charge in [0, 0.05) is 11.3 Å². The molecule has 0 aromatic carbocycles. The minimum absolute atomic E-state index is 0.0671. The quantitative estimate of drug-likeness (QED) is 0.839. The minimum atomic E-state index is -3.51. The third-order valence-corrected chi connectivity index (χ3v) is 7.73. The van der Waals surface area contributed by atoms with Crippen LogP contribution in [0.5, 0.6) is 0 Å². The van der Waals surface area contributed by atoms with Crippen molar-refractivity contribution in [1.82, 2.24) is 4.72 Å². The molecule has 0 aliphatic rings. The van der Waals surface area contributed by atoms with Gasteiger partial charge in [0.2, 0.25) is 10.0 Å². The average molecular weight is 318 g/mol. The summed E-state index contributed by atoms with van der Waals surface area (Å²) in [6.07, 6.45) is 3.81. The van der Waals surface area contributed by atoms with Crippen molar-refractivity contribution in [2.45, 2.75) is 35.6 Å². The highest BCUT2D eigenvalue weighted by atomic mass is 32.2. The second kappa shape index (κ2) is 6.75. The topological polar surface area (TPSA) is 70.0 Å². The van der Waals surface area contributed by atoms with E-state index in [0.717, 1.165) is 24.2 Å². The molecule has 19 heavy (non-hydrogen) atoms. The lowest BCUT2D eigenvalue weighted by Gasteiger charge is -2.29. The zero-order valence-corrected chi connectivity index (χ0v) is 13.7. The van der Waals surface area contributed by atoms with Gasteiger partial charge in [-0.05, 0) is 31.2 Å². The van der Waals surface area contributed by atoms with Crippen LogP contribution in [-0.2, 0) is 10.0 Å². The number of sulfonamides is 1. The van der Waals surface area contributed by atoms with E-state index >= 15 is 0 Å². The largest absolute Gasteiger partial charge is 0.250 e. The molecule has 0 aliphatic carbocycles. The molecule has 0 unspecified atom stereocenters. The summed E-state index contributed by atoms with van der Waals surface area (Å²) in [6, 6.07) is 4.95. The normalized spacial score (nSPS) is 12.3. The van der Waals surface area contributed by atoms with Crippen molar-refractivity contribution >= 4 is 33.1 Å². The van der Waals surface area contributed by atoms with E-state index in [2.05, 4.69) is 18.6 Å². The van der Waals surface area contributed by atoms with E-state index in [0.29, 0.717) is 11.4 Å². The van der Waals surface area contributed by atoms with E-state index in [1.807, 2.05) is 12.3 Å². The first-order chi connectivity index (χ1) is 8.93. The van der Waals surface area contributed by atoms with Gasteiger partial charge >= 0.3 is 0 Å². The van der Waals surface area contributed by atoms with Gasteiger partial charge in [0.1, 0.15) is 15.2 Å². The molecule has 0 amide bonds. The molecular formula is C12H18N2O2S3. The Hall–Kier alpha value is -0.550. The molecule has 0 bridgehead atoms. The summed E-state index contributed by atoms with van der Waals surface area (Å²) in [5.41, 5.74) is 0. The van der Waals surface area contributed by atoms with Gasteiger partial charge in [-0.2, -0.15) is 17.0 Å². The molecule has 4 nitrogen and oxygen atoms in total. The first-order valence-corrected chi connectivity index (χ1v) is 9.50. The summed E-state index contributed by atoms with van der Waals surface area (Å²) in [5, 5.41) is 8.73. The van der Waals surface area contributed by atoms with Crippen LogP contribution in [0.3, 0.4) is 0 Å². The maximum atomic E-state index is 12.1.